The molecule has 32 heavy (non-hydrogen) atoms. The number of hydrogen-bond donors (Lipinski definition) is 2. The van der Waals surface area contributed by atoms with Gasteiger partial charge in [-0.1, -0.05) is 22.9 Å². The molecular formula is C22H22ClN5O4. The highest BCUT2D eigenvalue weighted by molar-refractivity contribution is 6.31. The molecule has 0 aliphatic rings. The van der Waals surface area contributed by atoms with Gasteiger partial charge in [0.05, 0.1) is 17.9 Å². The molecule has 0 bridgehead atoms. The van der Waals surface area contributed by atoms with E-state index in [0.717, 1.165) is 5.56 Å². The van der Waals surface area contributed by atoms with E-state index in [1.165, 1.54) is 4.68 Å². The van der Waals surface area contributed by atoms with Crippen molar-refractivity contribution in [2.75, 3.05) is 17.2 Å². The highest BCUT2D eigenvalue weighted by Gasteiger charge is 2.19. The highest BCUT2D eigenvalue weighted by atomic mass is 35.5. The van der Waals surface area contributed by atoms with E-state index in [2.05, 4.69) is 20.9 Å². The van der Waals surface area contributed by atoms with Crippen LogP contribution in [0.15, 0.2) is 42.5 Å². The summed E-state index contributed by atoms with van der Waals surface area (Å²) >= 11 is 5.99. The number of nitrogens with zero attached hydrogens (tertiary/aromatic N) is 3. The third-order valence-electron chi connectivity index (χ3n) is 4.62. The van der Waals surface area contributed by atoms with E-state index in [1.54, 1.807) is 56.3 Å². The molecule has 166 valence electrons. The molecule has 2 aromatic carbocycles. The second-order valence-corrected chi connectivity index (χ2v) is 7.38. The summed E-state index contributed by atoms with van der Waals surface area (Å²) in [6.45, 7) is 5.38. The number of halogens is 1. The third-order valence-corrected chi connectivity index (χ3v) is 4.85. The second-order valence-electron chi connectivity index (χ2n) is 6.94. The molecule has 10 heteroatoms. The van der Waals surface area contributed by atoms with Crippen LogP contribution < -0.4 is 10.6 Å². The lowest BCUT2D eigenvalue weighted by Gasteiger charge is -2.09. The van der Waals surface area contributed by atoms with Gasteiger partial charge in [0.2, 0.25) is 5.91 Å². The number of carbonyl (C=O) groups is 3. The predicted molar refractivity (Wildman–Crippen MR) is 120 cm³/mol. The van der Waals surface area contributed by atoms with Gasteiger partial charge in [0.15, 0.2) is 5.69 Å². The van der Waals surface area contributed by atoms with Gasteiger partial charge in [-0.05, 0) is 62.7 Å². The van der Waals surface area contributed by atoms with E-state index < -0.39 is 11.9 Å². The lowest BCUT2D eigenvalue weighted by atomic mass is 10.2. The van der Waals surface area contributed by atoms with Crippen molar-refractivity contribution in [1.29, 1.82) is 0 Å². The van der Waals surface area contributed by atoms with Crippen molar-refractivity contribution in [2.24, 2.45) is 0 Å². The van der Waals surface area contributed by atoms with E-state index in [-0.39, 0.29) is 24.8 Å². The zero-order valence-electron chi connectivity index (χ0n) is 17.8. The molecule has 0 saturated heterocycles. The Hall–Kier alpha value is -3.72. The van der Waals surface area contributed by atoms with Crippen molar-refractivity contribution in [1.82, 2.24) is 15.0 Å². The van der Waals surface area contributed by atoms with Gasteiger partial charge in [0.25, 0.3) is 5.91 Å². The largest absolute Gasteiger partial charge is 0.462 e. The number of aromatic nitrogens is 3. The summed E-state index contributed by atoms with van der Waals surface area (Å²) in [5.41, 5.74) is 2.87. The van der Waals surface area contributed by atoms with Crippen molar-refractivity contribution < 1.29 is 19.1 Å². The van der Waals surface area contributed by atoms with E-state index in [9.17, 15) is 14.4 Å². The van der Waals surface area contributed by atoms with Crippen LogP contribution in [0.1, 0.15) is 39.0 Å². The second kappa shape index (κ2) is 10.1. The van der Waals surface area contributed by atoms with Crippen molar-refractivity contribution in [3.63, 3.8) is 0 Å². The predicted octanol–water partition coefficient (Wildman–Crippen LogP) is 3.62. The topological polar surface area (TPSA) is 115 Å². The van der Waals surface area contributed by atoms with Crippen LogP contribution in [-0.4, -0.2) is 39.4 Å². The SMILES string of the molecule is CCOC(=O)c1ccc(NC(=O)Cn2nnc(C(=O)Nc3cc(Cl)ccc3C)c2C)cc1. The molecule has 0 spiro atoms. The zero-order valence-corrected chi connectivity index (χ0v) is 18.6. The lowest BCUT2D eigenvalue weighted by molar-refractivity contribution is -0.117. The van der Waals surface area contributed by atoms with Gasteiger partial charge in [0, 0.05) is 16.4 Å². The zero-order chi connectivity index (χ0) is 23.3. The van der Waals surface area contributed by atoms with E-state index in [4.69, 9.17) is 16.3 Å². The van der Waals surface area contributed by atoms with Crippen molar-refractivity contribution in [2.45, 2.75) is 27.3 Å². The maximum absolute atomic E-state index is 12.6. The molecule has 3 rings (SSSR count). The van der Waals surface area contributed by atoms with Crippen LogP contribution in [0.2, 0.25) is 5.02 Å². The maximum atomic E-state index is 12.6. The number of carbonyl (C=O) groups excluding carboxylic acids is 3. The van der Waals surface area contributed by atoms with Gasteiger partial charge in [-0.3, -0.25) is 9.59 Å². The Morgan fingerprint density at radius 1 is 1.06 bits per heavy atom. The molecule has 0 unspecified atom stereocenters. The molecule has 1 heterocycles. The highest BCUT2D eigenvalue weighted by Crippen LogP contribution is 2.21. The molecule has 3 aromatic rings. The first-order valence-electron chi connectivity index (χ1n) is 9.83. The number of ether oxygens (including phenoxy) is 1. The Kier molecular flexibility index (Phi) is 7.21. The third kappa shape index (κ3) is 5.50. The molecule has 0 fully saturated rings. The number of rotatable bonds is 7. The standard InChI is InChI=1S/C22H22ClN5O4/c1-4-32-22(31)15-6-9-17(10-7-15)24-19(29)12-28-14(3)20(26-27-28)21(30)25-18-11-16(23)8-5-13(18)2/h5-11H,4,12H2,1-3H3,(H,24,29)(H,25,30). The van der Waals surface area contributed by atoms with Crippen LogP contribution in [0.25, 0.3) is 0 Å². The average Bonchev–Trinajstić information content (AvgIpc) is 3.11. The molecule has 2 amide bonds. The Bertz CT molecular complexity index is 1160. The summed E-state index contributed by atoms with van der Waals surface area (Å²) in [7, 11) is 0. The smallest absolute Gasteiger partial charge is 0.338 e. The minimum absolute atomic E-state index is 0.107. The fourth-order valence-electron chi connectivity index (χ4n) is 2.87. The van der Waals surface area contributed by atoms with Crippen LogP contribution in [0.3, 0.4) is 0 Å². The van der Waals surface area contributed by atoms with Crippen LogP contribution in [-0.2, 0) is 16.1 Å². The first-order chi connectivity index (χ1) is 15.3. The van der Waals surface area contributed by atoms with Gasteiger partial charge in [-0.15, -0.1) is 5.10 Å². The molecule has 2 N–H and O–H groups in total. The lowest BCUT2D eigenvalue weighted by Crippen LogP contribution is -2.21. The van der Waals surface area contributed by atoms with Gasteiger partial charge in [0.1, 0.15) is 6.54 Å². The first-order valence-corrected chi connectivity index (χ1v) is 10.2. The minimum Gasteiger partial charge on any atom is -0.462 e. The van der Waals surface area contributed by atoms with E-state index in [0.29, 0.717) is 27.7 Å². The fraction of sp³-hybridized carbons (Fsp3) is 0.227. The van der Waals surface area contributed by atoms with Crippen LogP contribution in [0, 0.1) is 13.8 Å². The number of benzene rings is 2. The summed E-state index contributed by atoms with van der Waals surface area (Å²) < 4.78 is 6.26. The van der Waals surface area contributed by atoms with Gasteiger partial charge >= 0.3 is 5.97 Å². The first kappa shape index (κ1) is 23.0. The molecule has 1 aromatic heterocycles. The summed E-state index contributed by atoms with van der Waals surface area (Å²) in [4.78, 5) is 36.7. The molecule has 9 nitrogen and oxygen atoms in total. The minimum atomic E-state index is -0.450. The summed E-state index contributed by atoms with van der Waals surface area (Å²) in [5, 5.41) is 13.8. The Balaban J connectivity index is 1.63. The molecular weight excluding hydrogens is 434 g/mol. The number of aryl methyl sites for hydroxylation is 1. The van der Waals surface area contributed by atoms with Crippen LogP contribution >= 0.6 is 11.6 Å². The Labute approximate surface area is 189 Å². The van der Waals surface area contributed by atoms with Gasteiger partial charge in [-0.2, -0.15) is 0 Å². The monoisotopic (exact) mass is 455 g/mol. The number of nitrogens with one attached hydrogen (secondary N) is 2. The summed E-state index contributed by atoms with van der Waals surface area (Å²) in [6.07, 6.45) is 0. The molecule has 0 aliphatic heterocycles. The number of anilines is 2. The number of esters is 1. The van der Waals surface area contributed by atoms with Crippen LogP contribution in [0.4, 0.5) is 11.4 Å². The fourth-order valence-corrected chi connectivity index (χ4v) is 3.04. The summed E-state index contributed by atoms with van der Waals surface area (Å²) in [5.74, 6) is -1.24. The van der Waals surface area contributed by atoms with Crippen LogP contribution in [0.5, 0.6) is 0 Å². The van der Waals surface area contributed by atoms with Gasteiger partial charge in [-0.25, -0.2) is 9.48 Å². The van der Waals surface area contributed by atoms with Crippen molar-refractivity contribution in [3.05, 3.63) is 70.0 Å². The van der Waals surface area contributed by atoms with E-state index in [1.807, 2.05) is 6.92 Å². The molecule has 0 radical (unpaired) electrons. The number of amides is 2. The molecule has 0 atom stereocenters. The van der Waals surface area contributed by atoms with Crippen molar-refractivity contribution in [3.8, 4) is 0 Å². The average molecular weight is 456 g/mol. The molecule has 0 saturated carbocycles. The maximum Gasteiger partial charge on any atom is 0.338 e. The normalized spacial score (nSPS) is 10.5. The van der Waals surface area contributed by atoms with Crippen molar-refractivity contribution >= 4 is 40.8 Å². The Morgan fingerprint density at radius 3 is 2.47 bits per heavy atom. The summed E-state index contributed by atoms with van der Waals surface area (Å²) in [6, 6.07) is 11.5. The van der Waals surface area contributed by atoms with Gasteiger partial charge < -0.3 is 15.4 Å². The number of hydrogen-bond acceptors (Lipinski definition) is 6. The molecule has 0 aliphatic carbocycles. The quantitative estimate of drug-likeness (QED) is 0.526. The van der Waals surface area contributed by atoms with E-state index >= 15 is 0 Å². The Morgan fingerprint density at radius 2 is 1.78 bits per heavy atom.